The number of piperidine rings is 1. The highest BCUT2D eigenvalue weighted by Crippen LogP contribution is 2.29. The highest BCUT2D eigenvalue weighted by Gasteiger charge is 2.34. The standard InChI is InChI=1S/C25H30N2O7S/c1-15-10-16(2)22(17(3)11-15)35(31,32)27-8-6-18(7-9-27)23(28)26-21-13-19(24(29)33-4)12-20(14-21)25(30)34-5/h10-14,18H,6-9H2,1-5H3,(H,26,28). The molecule has 0 spiro atoms. The Kier molecular flexibility index (Phi) is 7.97. The summed E-state index contributed by atoms with van der Waals surface area (Å²) in [6.07, 6.45) is 0.686. The van der Waals surface area contributed by atoms with Crippen molar-refractivity contribution in [3.63, 3.8) is 0 Å². The smallest absolute Gasteiger partial charge is 0.337 e. The van der Waals surface area contributed by atoms with Crippen molar-refractivity contribution in [3.8, 4) is 0 Å². The lowest BCUT2D eigenvalue weighted by Gasteiger charge is -2.31. The summed E-state index contributed by atoms with van der Waals surface area (Å²) in [5, 5.41) is 2.74. The first-order valence-electron chi connectivity index (χ1n) is 11.2. The predicted molar refractivity (Wildman–Crippen MR) is 130 cm³/mol. The number of sulfonamides is 1. The van der Waals surface area contributed by atoms with E-state index in [2.05, 4.69) is 5.32 Å². The van der Waals surface area contributed by atoms with Crippen molar-refractivity contribution >= 4 is 33.6 Å². The number of ether oxygens (including phenoxy) is 2. The molecule has 1 amide bonds. The van der Waals surface area contributed by atoms with Crippen molar-refractivity contribution in [2.45, 2.75) is 38.5 Å². The third-order valence-electron chi connectivity index (χ3n) is 6.07. The molecule has 0 unspecified atom stereocenters. The molecule has 3 rings (SSSR count). The van der Waals surface area contributed by atoms with Crippen molar-refractivity contribution in [2.24, 2.45) is 5.92 Å². The summed E-state index contributed by atoms with van der Waals surface area (Å²) >= 11 is 0. The molecule has 1 saturated heterocycles. The number of anilines is 1. The molecule has 0 atom stereocenters. The second kappa shape index (κ2) is 10.6. The zero-order chi connectivity index (χ0) is 25.9. The van der Waals surface area contributed by atoms with Crippen LogP contribution in [0, 0.1) is 26.7 Å². The van der Waals surface area contributed by atoms with Crippen LogP contribution in [0.3, 0.4) is 0 Å². The van der Waals surface area contributed by atoms with Crippen LogP contribution in [0.1, 0.15) is 50.2 Å². The van der Waals surface area contributed by atoms with Gasteiger partial charge in [0.15, 0.2) is 0 Å². The van der Waals surface area contributed by atoms with Gasteiger partial charge in [-0.15, -0.1) is 0 Å². The molecular formula is C25H30N2O7S. The number of carbonyl (C=O) groups excluding carboxylic acids is 3. The van der Waals surface area contributed by atoms with Gasteiger partial charge in [0.2, 0.25) is 15.9 Å². The van der Waals surface area contributed by atoms with Crippen LogP contribution in [0.25, 0.3) is 0 Å². The van der Waals surface area contributed by atoms with Crippen LogP contribution in [-0.4, -0.2) is 57.9 Å². The molecule has 10 heteroatoms. The van der Waals surface area contributed by atoms with Gasteiger partial charge in [-0.05, 0) is 62.9 Å². The lowest BCUT2D eigenvalue weighted by atomic mass is 9.97. The lowest BCUT2D eigenvalue weighted by Crippen LogP contribution is -2.41. The van der Waals surface area contributed by atoms with Gasteiger partial charge in [0.25, 0.3) is 0 Å². The Bertz CT molecular complexity index is 1210. The first kappa shape index (κ1) is 26.4. The first-order valence-corrected chi connectivity index (χ1v) is 12.6. The molecule has 1 N–H and O–H groups in total. The number of amides is 1. The van der Waals surface area contributed by atoms with E-state index in [1.165, 1.54) is 36.7 Å². The van der Waals surface area contributed by atoms with Gasteiger partial charge in [0, 0.05) is 24.7 Å². The molecule has 0 radical (unpaired) electrons. The van der Waals surface area contributed by atoms with Gasteiger partial charge in [0.1, 0.15) is 0 Å². The molecule has 0 aliphatic carbocycles. The Hall–Kier alpha value is -3.24. The van der Waals surface area contributed by atoms with E-state index in [0.29, 0.717) is 28.9 Å². The summed E-state index contributed by atoms with van der Waals surface area (Å²) in [4.78, 5) is 37.2. The number of rotatable bonds is 6. The van der Waals surface area contributed by atoms with Gasteiger partial charge in [-0.3, -0.25) is 4.79 Å². The second-order valence-corrected chi connectivity index (χ2v) is 10.6. The van der Waals surface area contributed by atoms with E-state index in [0.717, 1.165) is 5.56 Å². The minimum Gasteiger partial charge on any atom is -0.465 e. The van der Waals surface area contributed by atoms with Crippen LogP contribution in [0.15, 0.2) is 35.2 Å². The number of carbonyl (C=O) groups is 3. The summed E-state index contributed by atoms with van der Waals surface area (Å²) < 4.78 is 37.5. The van der Waals surface area contributed by atoms with Crippen LogP contribution in [-0.2, 0) is 24.3 Å². The number of aryl methyl sites for hydroxylation is 3. The van der Waals surface area contributed by atoms with E-state index in [1.807, 2.05) is 19.1 Å². The minimum atomic E-state index is -3.69. The van der Waals surface area contributed by atoms with Crippen LogP contribution in [0.2, 0.25) is 0 Å². The summed E-state index contributed by atoms with van der Waals surface area (Å²) in [5.41, 5.74) is 2.84. The number of benzene rings is 2. The van der Waals surface area contributed by atoms with Gasteiger partial charge in [0.05, 0.1) is 30.2 Å². The fraction of sp³-hybridized carbons (Fsp3) is 0.400. The van der Waals surface area contributed by atoms with Gasteiger partial charge in [-0.25, -0.2) is 18.0 Å². The molecule has 0 aromatic heterocycles. The molecule has 0 bridgehead atoms. The van der Waals surface area contributed by atoms with Crippen molar-refractivity contribution in [3.05, 3.63) is 58.1 Å². The Balaban J connectivity index is 1.73. The summed E-state index contributed by atoms with van der Waals surface area (Å²) in [6, 6.07) is 7.86. The summed E-state index contributed by atoms with van der Waals surface area (Å²) in [6.45, 7) is 5.93. The topological polar surface area (TPSA) is 119 Å². The zero-order valence-electron chi connectivity index (χ0n) is 20.5. The van der Waals surface area contributed by atoms with Crippen LogP contribution in [0.4, 0.5) is 5.69 Å². The van der Waals surface area contributed by atoms with E-state index < -0.39 is 27.9 Å². The molecule has 2 aromatic rings. The second-order valence-electron chi connectivity index (χ2n) is 8.68. The fourth-order valence-corrected chi connectivity index (χ4v) is 6.36. The van der Waals surface area contributed by atoms with E-state index in [1.54, 1.807) is 13.8 Å². The number of nitrogens with one attached hydrogen (secondary N) is 1. The van der Waals surface area contributed by atoms with Crippen molar-refractivity contribution in [1.29, 1.82) is 0 Å². The molecule has 35 heavy (non-hydrogen) atoms. The zero-order valence-corrected chi connectivity index (χ0v) is 21.3. The maximum absolute atomic E-state index is 13.3. The maximum atomic E-state index is 13.3. The van der Waals surface area contributed by atoms with E-state index >= 15 is 0 Å². The number of nitrogens with zero attached hydrogens (tertiary/aromatic N) is 1. The van der Waals surface area contributed by atoms with E-state index in [-0.39, 0.29) is 35.8 Å². The SMILES string of the molecule is COC(=O)c1cc(NC(=O)C2CCN(S(=O)(=O)c3c(C)cc(C)cc3C)CC2)cc(C(=O)OC)c1. The molecule has 2 aromatic carbocycles. The Morgan fingerprint density at radius 1 is 0.857 bits per heavy atom. The molecule has 0 saturated carbocycles. The molecule has 1 heterocycles. The van der Waals surface area contributed by atoms with Crippen molar-refractivity contribution in [2.75, 3.05) is 32.6 Å². The van der Waals surface area contributed by atoms with Gasteiger partial charge in [-0.1, -0.05) is 17.7 Å². The van der Waals surface area contributed by atoms with Crippen LogP contribution in [0.5, 0.6) is 0 Å². The molecule has 1 fully saturated rings. The molecule has 188 valence electrons. The number of methoxy groups -OCH3 is 2. The first-order chi connectivity index (χ1) is 16.5. The Labute approximate surface area is 205 Å². The average molecular weight is 503 g/mol. The minimum absolute atomic E-state index is 0.0930. The third-order valence-corrected chi connectivity index (χ3v) is 8.27. The van der Waals surface area contributed by atoms with Gasteiger partial charge >= 0.3 is 11.9 Å². The van der Waals surface area contributed by atoms with Gasteiger partial charge < -0.3 is 14.8 Å². The Morgan fingerprint density at radius 3 is 1.80 bits per heavy atom. The van der Waals surface area contributed by atoms with Crippen LogP contribution < -0.4 is 5.32 Å². The average Bonchev–Trinajstić information content (AvgIpc) is 2.81. The predicted octanol–water partition coefficient (Wildman–Crippen LogP) is 3.22. The summed E-state index contributed by atoms with van der Waals surface area (Å²) in [5.74, 6) is -2.06. The molecular weight excluding hydrogens is 472 g/mol. The number of hydrogen-bond acceptors (Lipinski definition) is 7. The van der Waals surface area contributed by atoms with Crippen molar-refractivity contribution in [1.82, 2.24) is 4.31 Å². The molecule has 9 nitrogen and oxygen atoms in total. The largest absolute Gasteiger partial charge is 0.465 e. The molecule has 1 aliphatic heterocycles. The number of hydrogen-bond donors (Lipinski definition) is 1. The molecule has 1 aliphatic rings. The maximum Gasteiger partial charge on any atom is 0.337 e. The lowest BCUT2D eigenvalue weighted by molar-refractivity contribution is -0.120. The van der Waals surface area contributed by atoms with Crippen LogP contribution >= 0.6 is 0 Å². The summed E-state index contributed by atoms with van der Waals surface area (Å²) in [7, 11) is -1.26. The normalized spacial score (nSPS) is 14.9. The highest BCUT2D eigenvalue weighted by atomic mass is 32.2. The number of esters is 2. The fourth-order valence-electron chi connectivity index (χ4n) is 4.48. The third kappa shape index (κ3) is 5.71. The van der Waals surface area contributed by atoms with E-state index in [9.17, 15) is 22.8 Å². The van der Waals surface area contributed by atoms with Gasteiger partial charge in [-0.2, -0.15) is 4.31 Å². The monoisotopic (exact) mass is 502 g/mol. The highest BCUT2D eigenvalue weighted by molar-refractivity contribution is 7.89. The van der Waals surface area contributed by atoms with Crippen molar-refractivity contribution < 1.29 is 32.3 Å². The Morgan fingerprint density at radius 2 is 1.34 bits per heavy atom. The quantitative estimate of drug-likeness (QED) is 0.603. The van der Waals surface area contributed by atoms with E-state index in [4.69, 9.17) is 9.47 Å².